The van der Waals surface area contributed by atoms with E-state index in [0.29, 0.717) is 30.4 Å². The van der Waals surface area contributed by atoms with Crippen molar-refractivity contribution in [2.24, 2.45) is 5.92 Å². The summed E-state index contributed by atoms with van der Waals surface area (Å²) in [6.45, 7) is 2.01. The Morgan fingerprint density at radius 1 is 1.22 bits per heavy atom. The van der Waals surface area contributed by atoms with Crippen LogP contribution in [0, 0.1) is 5.92 Å². The highest BCUT2D eigenvalue weighted by Crippen LogP contribution is 2.32. The Kier molecular flexibility index (Phi) is 4.71. The van der Waals surface area contributed by atoms with Crippen LogP contribution in [0.2, 0.25) is 0 Å². The third-order valence-electron chi connectivity index (χ3n) is 5.05. The largest absolute Gasteiger partial charge is 0.481 e. The number of hydrogen-bond donors (Lipinski definition) is 0. The molecule has 27 heavy (non-hydrogen) atoms. The fourth-order valence-electron chi connectivity index (χ4n) is 3.45. The Hall–Kier alpha value is -3.02. The lowest BCUT2D eigenvalue weighted by Gasteiger charge is -2.20. The zero-order valence-corrected chi connectivity index (χ0v) is 15.4. The molecule has 3 aromatic heterocycles. The molecule has 6 heteroatoms. The number of Topliss-reactive ketones (excluding diaryl/α,β-unsaturated/α-hetero) is 1. The summed E-state index contributed by atoms with van der Waals surface area (Å²) in [4.78, 5) is 25.1. The van der Waals surface area contributed by atoms with Crippen molar-refractivity contribution in [2.75, 3.05) is 7.11 Å². The zero-order valence-electron chi connectivity index (χ0n) is 15.4. The van der Waals surface area contributed by atoms with Gasteiger partial charge in [-0.05, 0) is 37.6 Å². The van der Waals surface area contributed by atoms with Gasteiger partial charge in [0, 0.05) is 42.8 Å². The van der Waals surface area contributed by atoms with Gasteiger partial charge in [-0.25, -0.2) is 9.97 Å². The van der Waals surface area contributed by atoms with E-state index < -0.39 is 0 Å². The van der Waals surface area contributed by atoms with Crippen LogP contribution in [0.3, 0.4) is 0 Å². The van der Waals surface area contributed by atoms with Gasteiger partial charge in [-0.15, -0.1) is 0 Å². The maximum atomic E-state index is 11.6. The van der Waals surface area contributed by atoms with E-state index in [-0.39, 0.29) is 12.0 Å². The van der Waals surface area contributed by atoms with Gasteiger partial charge in [-0.3, -0.25) is 9.78 Å². The number of carbonyl (C=O) groups excluding carboxylic acids is 1. The number of rotatable bonds is 5. The molecule has 3 aromatic rings. The van der Waals surface area contributed by atoms with Crippen LogP contribution in [0.25, 0.3) is 22.2 Å². The maximum Gasteiger partial charge on any atom is 0.223 e. The molecule has 1 aliphatic carbocycles. The lowest BCUT2D eigenvalue weighted by molar-refractivity contribution is -0.117. The first-order valence-corrected chi connectivity index (χ1v) is 9.08. The van der Waals surface area contributed by atoms with Crippen LogP contribution in [0.4, 0.5) is 0 Å². The Morgan fingerprint density at radius 2 is 2.11 bits per heavy atom. The second kappa shape index (κ2) is 7.31. The predicted molar refractivity (Wildman–Crippen MR) is 102 cm³/mol. The highest BCUT2D eigenvalue weighted by Gasteiger charge is 2.29. The van der Waals surface area contributed by atoms with Crippen LogP contribution in [-0.4, -0.2) is 33.9 Å². The highest BCUT2D eigenvalue weighted by atomic mass is 16.5. The third-order valence-corrected chi connectivity index (χ3v) is 5.05. The second-order valence-electron chi connectivity index (χ2n) is 6.84. The molecule has 0 amide bonds. The molecule has 138 valence electrons. The first-order chi connectivity index (χ1) is 13.1. The van der Waals surface area contributed by atoms with Gasteiger partial charge >= 0.3 is 0 Å². The first-order valence-electron chi connectivity index (χ1n) is 9.08. The van der Waals surface area contributed by atoms with Crippen molar-refractivity contribution in [3.05, 3.63) is 42.7 Å². The van der Waals surface area contributed by atoms with Gasteiger partial charge in [0.2, 0.25) is 11.8 Å². The number of aromatic nitrogens is 3. The summed E-state index contributed by atoms with van der Waals surface area (Å²) in [7, 11) is 1.58. The summed E-state index contributed by atoms with van der Waals surface area (Å²) < 4.78 is 11.3. The SMILES string of the molecule is COc1ccc(-c2cc3ncccc3c(O[C@H](C)[C@H]3CCC(=O)C3)n2)cn1. The minimum atomic E-state index is -0.0865. The van der Waals surface area contributed by atoms with E-state index in [9.17, 15) is 4.79 Å². The number of methoxy groups -OCH3 is 1. The van der Waals surface area contributed by atoms with Crippen molar-refractivity contribution in [3.8, 4) is 23.0 Å². The number of ether oxygens (including phenoxy) is 2. The second-order valence-corrected chi connectivity index (χ2v) is 6.84. The van der Waals surface area contributed by atoms with Gasteiger partial charge in [0.05, 0.1) is 23.7 Å². The van der Waals surface area contributed by atoms with E-state index in [0.717, 1.165) is 28.6 Å². The van der Waals surface area contributed by atoms with Crippen molar-refractivity contribution in [3.63, 3.8) is 0 Å². The maximum absolute atomic E-state index is 11.6. The molecule has 0 radical (unpaired) electrons. The normalized spacial score (nSPS) is 17.9. The fourth-order valence-corrected chi connectivity index (χ4v) is 3.45. The van der Waals surface area contributed by atoms with Crippen LogP contribution in [0.15, 0.2) is 42.7 Å². The van der Waals surface area contributed by atoms with Crippen LogP contribution in [-0.2, 0) is 4.79 Å². The average Bonchev–Trinajstić information content (AvgIpc) is 3.14. The number of hydrogen-bond acceptors (Lipinski definition) is 6. The molecule has 0 aliphatic heterocycles. The summed E-state index contributed by atoms with van der Waals surface area (Å²) in [5.41, 5.74) is 2.40. The molecule has 0 bridgehead atoms. The van der Waals surface area contributed by atoms with Crippen molar-refractivity contribution in [2.45, 2.75) is 32.3 Å². The van der Waals surface area contributed by atoms with Gasteiger partial charge in [0.15, 0.2) is 0 Å². The lowest BCUT2D eigenvalue weighted by atomic mass is 10.0. The number of fused-ring (bicyclic) bond motifs is 1. The minimum absolute atomic E-state index is 0.0865. The topological polar surface area (TPSA) is 74.2 Å². The van der Waals surface area contributed by atoms with E-state index in [2.05, 4.69) is 9.97 Å². The summed E-state index contributed by atoms with van der Waals surface area (Å²) in [6, 6.07) is 9.46. The molecule has 0 unspecified atom stereocenters. The molecule has 6 nitrogen and oxygen atoms in total. The lowest BCUT2D eigenvalue weighted by Crippen LogP contribution is -2.22. The van der Waals surface area contributed by atoms with Gasteiger partial charge in [0.25, 0.3) is 0 Å². The first kappa shape index (κ1) is 17.4. The standard InChI is InChI=1S/C21H21N3O3/c1-13(14-5-7-16(25)10-14)27-21-17-4-3-9-22-19(17)11-18(24-21)15-6-8-20(26-2)23-12-15/h3-4,6,8-9,11-14H,5,7,10H2,1-2H3/t13-,14+/m1/s1. The van der Waals surface area contributed by atoms with Gasteiger partial charge in [0.1, 0.15) is 11.9 Å². The fraction of sp³-hybridized carbons (Fsp3) is 0.333. The van der Waals surface area contributed by atoms with E-state index in [1.165, 1.54) is 0 Å². The van der Waals surface area contributed by atoms with Gasteiger partial charge in [-0.1, -0.05) is 0 Å². The minimum Gasteiger partial charge on any atom is -0.481 e. The van der Waals surface area contributed by atoms with E-state index in [1.807, 2.05) is 31.2 Å². The Balaban J connectivity index is 1.70. The van der Waals surface area contributed by atoms with Crippen molar-refractivity contribution in [1.29, 1.82) is 0 Å². The molecule has 1 aliphatic rings. The van der Waals surface area contributed by atoms with Crippen LogP contribution < -0.4 is 9.47 Å². The number of nitrogens with zero attached hydrogens (tertiary/aromatic N) is 3. The third kappa shape index (κ3) is 3.60. The highest BCUT2D eigenvalue weighted by molar-refractivity contribution is 5.86. The predicted octanol–water partition coefficient (Wildman–Crippen LogP) is 3.84. The van der Waals surface area contributed by atoms with Gasteiger partial charge < -0.3 is 9.47 Å². The molecule has 0 spiro atoms. The quantitative estimate of drug-likeness (QED) is 0.686. The Morgan fingerprint density at radius 3 is 2.81 bits per heavy atom. The molecule has 3 heterocycles. The number of ketones is 1. The molecule has 0 aromatic carbocycles. The van der Waals surface area contributed by atoms with Gasteiger partial charge in [-0.2, -0.15) is 0 Å². The zero-order chi connectivity index (χ0) is 18.8. The summed E-state index contributed by atoms with van der Waals surface area (Å²) in [5, 5.41) is 0.860. The monoisotopic (exact) mass is 363 g/mol. The molecule has 1 fully saturated rings. The number of pyridine rings is 3. The van der Waals surface area contributed by atoms with Crippen molar-refractivity contribution in [1.82, 2.24) is 15.0 Å². The smallest absolute Gasteiger partial charge is 0.223 e. The molecule has 0 saturated heterocycles. The van der Waals surface area contributed by atoms with E-state index in [1.54, 1.807) is 25.6 Å². The van der Waals surface area contributed by atoms with Crippen LogP contribution in [0.1, 0.15) is 26.2 Å². The average molecular weight is 363 g/mol. The van der Waals surface area contributed by atoms with Crippen molar-refractivity contribution >= 4 is 16.7 Å². The Labute approximate surface area is 157 Å². The molecule has 4 rings (SSSR count). The summed E-state index contributed by atoms with van der Waals surface area (Å²) in [5.74, 6) is 1.64. The Bertz CT molecular complexity index is 972. The van der Waals surface area contributed by atoms with Crippen LogP contribution in [0.5, 0.6) is 11.8 Å². The summed E-state index contributed by atoms with van der Waals surface area (Å²) >= 11 is 0. The molecule has 0 N–H and O–H groups in total. The van der Waals surface area contributed by atoms with Crippen molar-refractivity contribution < 1.29 is 14.3 Å². The molecule has 2 atom stereocenters. The molecular weight excluding hydrogens is 342 g/mol. The molecule has 1 saturated carbocycles. The van der Waals surface area contributed by atoms with Crippen LogP contribution >= 0.6 is 0 Å². The van der Waals surface area contributed by atoms with E-state index >= 15 is 0 Å². The number of carbonyl (C=O) groups is 1. The van der Waals surface area contributed by atoms with E-state index in [4.69, 9.17) is 14.5 Å². The summed E-state index contributed by atoms with van der Waals surface area (Å²) in [6.07, 6.45) is 5.49. The molecular formula is C21H21N3O3.